The van der Waals surface area contributed by atoms with Gasteiger partial charge in [0.15, 0.2) is 12.4 Å². The van der Waals surface area contributed by atoms with E-state index < -0.39 is 5.97 Å². The van der Waals surface area contributed by atoms with E-state index in [1.165, 1.54) is 50.1 Å². The lowest BCUT2D eigenvalue weighted by Crippen LogP contribution is -2.27. The number of rotatable bonds is 3. The van der Waals surface area contributed by atoms with E-state index in [4.69, 9.17) is 4.74 Å². The first-order valence-electron chi connectivity index (χ1n) is 9.40. The van der Waals surface area contributed by atoms with Crippen LogP contribution in [0.2, 0.25) is 0 Å². The lowest BCUT2D eigenvalue weighted by molar-refractivity contribution is -0.605. The number of esters is 1. The third-order valence-electron chi connectivity index (χ3n) is 5.10. The predicted octanol–water partition coefficient (Wildman–Crippen LogP) is 4.88. The van der Waals surface area contributed by atoms with Crippen LogP contribution >= 0.6 is 0 Å². The minimum absolute atomic E-state index is 0.143. The summed E-state index contributed by atoms with van der Waals surface area (Å²) in [6.45, 7) is 6.37. The lowest BCUT2D eigenvalue weighted by atomic mass is 9.80. The van der Waals surface area contributed by atoms with Crippen LogP contribution in [0.3, 0.4) is 0 Å². The Hall–Kier alpha value is -2.36. The van der Waals surface area contributed by atoms with Crippen molar-refractivity contribution in [2.45, 2.75) is 64.2 Å². The summed E-state index contributed by atoms with van der Waals surface area (Å²) in [6.07, 6.45) is 8.94. The van der Waals surface area contributed by atoms with Gasteiger partial charge in [0.2, 0.25) is 0 Å². The normalized spacial score (nSPS) is 15.7. The number of ether oxygens (including phenoxy) is 1. The maximum Gasteiger partial charge on any atom is 0.349 e. The van der Waals surface area contributed by atoms with Crippen molar-refractivity contribution in [2.75, 3.05) is 0 Å². The highest BCUT2D eigenvalue weighted by atomic mass is 16.5. The summed E-state index contributed by atoms with van der Waals surface area (Å²) in [6, 6.07) is 9.34. The molecule has 1 aliphatic rings. The van der Waals surface area contributed by atoms with Gasteiger partial charge in [-0.15, -0.1) is 0 Å². The van der Waals surface area contributed by atoms with Gasteiger partial charge in [-0.2, -0.15) is 4.73 Å². The molecule has 1 heterocycles. The quantitative estimate of drug-likeness (QED) is 0.342. The van der Waals surface area contributed by atoms with Crippen molar-refractivity contribution in [1.82, 2.24) is 0 Å². The molecule has 0 amide bonds. The third-order valence-corrected chi connectivity index (χ3v) is 5.10. The molecule has 0 N–H and O–H groups in total. The SMILES string of the molecule is CC(C)(C)c1cc(C2CCCCC2)ccc1OC(=O)c1ccc[n+]([O-])c1. The highest BCUT2D eigenvalue weighted by Crippen LogP contribution is 2.38. The van der Waals surface area contributed by atoms with Gasteiger partial charge in [0.05, 0.1) is 0 Å². The molecule has 26 heavy (non-hydrogen) atoms. The molecule has 1 saturated carbocycles. The second-order valence-corrected chi connectivity index (χ2v) is 8.18. The Morgan fingerprint density at radius 3 is 2.54 bits per heavy atom. The Morgan fingerprint density at radius 2 is 1.88 bits per heavy atom. The Bertz CT molecular complexity index is 786. The molecule has 1 aromatic carbocycles. The Balaban J connectivity index is 1.89. The van der Waals surface area contributed by atoms with E-state index in [1.54, 1.807) is 12.1 Å². The van der Waals surface area contributed by atoms with E-state index in [2.05, 4.69) is 32.9 Å². The van der Waals surface area contributed by atoms with E-state index in [1.807, 2.05) is 6.07 Å². The van der Waals surface area contributed by atoms with Crippen molar-refractivity contribution in [2.24, 2.45) is 0 Å². The molecule has 4 nitrogen and oxygen atoms in total. The van der Waals surface area contributed by atoms with Crippen molar-refractivity contribution in [3.05, 3.63) is 64.6 Å². The molecule has 0 radical (unpaired) electrons. The fourth-order valence-corrected chi connectivity index (χ4v) is 3.65. The zero-order valence-corrected chi connectivity index (χ0v) is 15.8. The molecule has 3 rings (SSSR count). The minimum atomic E-state index is -0.508. The summed E-state index contributed by atoms with van der Waals surface area (Å²) in [5.74, 6) is 0.664. The van der Waals surface area contributed by atoms with Gasteiger partial charge in [0.25, 0.3) is 0 Å². The Labute approximate surface area is 155 Å². The molecule has 0 spiro atoms. The number of hydrogen-bond donors (Lipinski definition) is 0. The van der Waals surface area contributed by atoms with Crippen LogP contribution < -0.4 is 9.47 Å². The summed E-state index contributed by atoms with van der Waals surface area (Å²) in [4.78, 5) is 12.5. The van der Waals surface area contributed by atoms with E-state index in [0.29, 0.717) is 16.4 Å². The van der Waals surface area contributed by atoms with Crippen LogP contribution in [-0.2, 0) is 5.41 Å². The maximum atomic E-state index is 12.5. The van der Waals surface area contributed by atoms with E-state index in [0.717, 1.165) is 5.56 Å². The van der Waals surface area contributed by atoms with E-state index in [-0.39, 0.29) is 11.0 Å². The van der Waals surface area contributed by atoms with Crippen molar-refractivity contribution >= 4 is 5.97 Å². The number of carbonyl (C=O) groups excluding carboxylic acids is 1. The first-order valence-corrected chi connectivity index (χ1v) is 9.40. The molecule has 138 valence electrons. The van der Waals surface area contributed by atoms with Gasteiger partial charge in [-0.1, -0.05) is 52.2 Å². The molecule has 0 bridgehead atoms. The molecule has 0 aliphatic heterocycles. The largest absolute Gasteiger partial charge is 0.619 e. The summed E-state index contributed by atoms with van der Waals surface area (Å²) < 4.78 is 6.27. The molecule has 2 aromatic rings. The zero-order valence-electron chi connectivity index (χ0n) is 15.8. The number of nitrogens with zero attached hydrogens (tertiary/aromatic N) is 1. The number of carbonyl (C=O) groups is 1. The van der Waals surface area contributed by atoms with Crippen molar-refractivity contribution in [3.8, 4) is 5.75 Å². The molecule has 0 saturated heterocycles. The monoisotopic (exact) mass is 353 g/mol. The lowest BCUT2D eigenvalue weighted by Gasteiger charge is -2.27. The first kappa shape index (κ1) is 18.4. The van der Waals surface area contributed by atoms with Gasteiger partial charge in [0, 0.05) is 11.6 Å². The Kier molecular flexibility index (Phi) is 5.30. The van der Waals surface area contributed by atoms with Crippen molar-refractivity contribution in [3.63, 3.8) is 0 Å². The summed E-state index contributed by atoms with van der Waals surface area (Å²) in [7, 11) is 0. The summed E-state index contributed by atoms with van der Waals surface area (Å²) in [5.41, 5.74) is 2.47. The van der Waals surface area contributed by atoms with E-state index in [9.17, 15) is 10.0 Å². The van der Waals surface area contributed by atoms with Gasteiger partial charge in [-0.25, -0.2) is 4.79 Å². The van der Waals surface area contributed by atoms with Crippen molar-refractivity contribution in [1.29, 1.82) is 0 Å². The van der Waals surface area contributed by atoms with Crippen LogP contribution in [0.1, 0.15) is 80.3 Å². The summed E-state index contributed by atoms with van der Waals surface area (Å²) >= 11 is 0. The van der Waals surface area contributed by atoms with Gasteiger partial charge in [-0.05, 0) is 41.9 Å². The van der Waals surface area contributed by atoms with Crippen LogP contribution in [0, 0.1) is 5.21 Å². The van der Waals surface area contributed by atoms with Crippen LogP contribution in [-0.4, -0.2) is 5.97 Å². The van der Waals surface area contributed by atoms with Gasteiger partial charge in [-0.3, -0.25) is 0 Å². The number of benzene rings is 1. The smallest absolute Gasteiger partial charge is 0.349 e. The molecular formula is C22H27NO3. The van der Waals surface area contributed by atoms with Gasteiger partial charge < -0.3 is 9.94 Å². The topological polar surface area (TPSA) is 53.2 Å². The third kappa shape index (κ3) is 4.24. The molecule has 1 fully saturated rings. The second-order valence-electron chi connectivity index (χ2n) is 8.18. The fourth-order valence-electron chi connectivity index (χ4n) is 3.65. The minimum Gasteiger partial charge on any atom is -0.619 e. The Morgan fingerprint density at radius 1 is 1.15 bits per heavy atom. The molecule has 0 atom stereocenters. The van der Waals surface area contributed by atoms with Crippen molar-refractivity contribution < 1.29 is 14.3 Å². The molecule has 4 heteroatoms. The number of aromatic nitrogens is 1. The van der Waals surface area contributed by atoms with Crippen LogP contribution in [0.4, 0.5) is 0 Å². The maximum absolute atomic E-state index is 12.5. The predicted molar refractivity (Wildman–Crippen MR) is 101 cm³/mol. The van der Waals surface area contributed by atoms with E-state index >= 15 is 0 Å². The average molecular weight is 353 g/mol. The average Bonchev–Trinajstić information content (AvgIpc) is 2.62. The number of hydrogen-bond acceptors (Lipinski definition) is 3. The van der Waals surface area contributed by atoms with Gasteiger partial charge in [0.1, 0.15) is 11.3 Å². The molecule has 0 unspecified atom stereocenters. The second kappa shape index (κ2) is 7.48. The first-order chi connectivity index (χ1) is 12.3. The highest BCUT2D eigenvalue weighted by Gasteiger charge is 2.24. The zero-order chi connectivity index (χ0) is 18.7. The fraction of sp³-hybridized carbons (Fsp3) is 0.455. The molecule has 1 aromatic heterocycles. The summed E-state index contributed by atoms with van der Waals surface area (Å²) in [5, 5.41) is 11.4. The van der Waals surface area contributed by atoms with Crippen LogP contribution in [0.25, 0.3) is 0 Å². The molecule has 1 aliphatic carbocycles. The molecular weight excluding hydrogens is 326 g/mol. The van der Waals surface area contributed by atoms with Crippen LogP contribution in [0.5, 0.6) is 5.75 Å². The standard InChI is InChI=1S/C22H27NO3/c1-22(2,3)19-14-17(16-8-5-4-6-9-16)11-12-20(19)26-21(24)18-10-7-13-23(25)15-18/h7,10-16H,4-6,8-9H2,1-3H3. The number of pyridine rings is 1. The van der Waals surface area contributed by atoms with Crippen LogP contribution in [0.15, 0.2) is 42.7 Å². The highest BCUT2D eigenvalue weighted by molar-refractivity contribution is 5.90. The van der Waals surface area contributed by atoms with Gasteiger partial charge >= 0.3 is 5.97 Å².